The van der Waals surface area contributed by atoms with Crippen LogP contribution in [0.15, 0.2) is 48.7 Å². The van der Waals surface area contributed by atoms with Gasteiger partial charge in [-0.1, -0.05) is 30.3 Å². The van der Waals surface area contributed by atoms with Crippen LogP contribution in [0.2, 0.25) is 0 Å². The van der Waals surface area contributed by atoms with Gasteiger partial charge in [-0.05, 0) is 30.7 Å². The van der Waals surface area contributed by atoms with E-state index in [0.717, 1.165) is 11.8 Å². The maximum atomic E-state index is 13.0. The van der Waals surface area contributed by atoms with Crippen molar-refractivity contribution in [3.8, 4) is 0 Å². The predicted molar refractivity (Wildman–Crippen MR) is 84.8 cm³/mol. The molecule has 1 saturated heterocycles. The Labute approximate surface area is 138 Å². The molecular weight excluding hydrogens is 316 g/mol. The highest BCUT2D eigenvalue weighted by Gasteiger charge is 2.43. The fourth-order valence-corrected chi connectivity index (χ4v) is 3.18. The molecule has 0 saturated carbocycles. The van der Waals surface area contributed by atoms with Crippen LogP contribution < -0.4 is 10.6 Å². The van der Waals surface area contributed by atoms with Crippen LogP contribution in [0, 0.1) is 0 Å². The minimum Gasteiger partial charge on any atom is -0.389 e. The molecule has 1 aromatic heterocycles. The highest BCUT2D eigenvalue weighted by atomic mass is 19.3. The van der Waals surface area contributed by atoms with Gasteiger partial charge in [-0.25, -0.2) is 0 Å². The molecular formula is C17H19F2N3O2. The number of hydrogen-bond acceptors (Lipinski definition) is 3. The number of aliphatic hydroxyl groups excluding tert-OH is 1. The summed E-state index contributed by atoms with van der Waals surface area (Å²) in [4.78, 5) is 12.6. The first-order valence-electron chi connectivity index (χ1n) is 7.76. The largest absolute Gasteiger partial charge is 0.389 e. The van der Waals surface area contributed by atoms with Gasteiger partial charge in [0.25, 0.3) is 5.91 Å². The minimum atomic E-state index is -2.80. The van der Waals surface area contributed by atoms with E-state index in [-0.39, 0.29) is 5.69 Å². The van der Waals surface area contributed by atoms with Crippen molar-refractivity contribution in [1.82, 2.24) is 15.2 Å². The number of alkyl halides is 2. The molecule has 2 heterocycles. The van der Waals surface area contributed by atoms with Crippen LogP contribution in [0.3, 0.4) is 0 Å². The molecule has 3 rings (SSSR count). The molecule has 0 aliphatic carbocycles. The van der Waals surface area contributed by atoms with Gasteiger partial charge in [-0.15, -0.1) is 0 Å². The summed E-state index contributed by atoms with van der Waals surface area (Å²) in [6, 6.07) is 11.9. The molecule has 0 bridgehead atoms. The van der Waals surface area contributed by atoms with E-state index < -0.39 is 24.1 Å². The van der Waals surface area contributed by atoms with Gasteiger partial charge in [-0.2, -0.15) is 8.78 Å². The van der Waals surface area contributed by atoms with E-state index in [4.69, 9.17) is 0 Å². The van der Waals surface area contributed by atoms with Gasteiger partial charge in [-0.3, -0.25) is 9.36 Å². The Morgan fingerprint density at radius 3 is 2.71 bits per heavy atom. The Balaban J connectivity index is 1.95. The summed E-state index contributed by atoms with van der Waals surface area (Å²) in [5.41, 5.74) is -0.394. The van der Waals surface area contributed by atoms with Crippen LogP contribution >= 0.6 is 0 Å². The lowest BCUT2D eigenvalue weighted by Crippen LogP contribution is -2.61. The van der Waals surface area contributed by atoms with E-state index in [9.17, 15) is 18.7 Å². The molecule has 1 amide bonds. The molecule has 0 radical (unpaired) electrons. The van der Waals surface area contributed by atoms with Crippen LogP contribution in [0.4, 0.5) is 8.78 Å². The molecule has 5 nitrogen and oxygen atoms in total. The third-order valence-corrected chi connectivity index (χ3v) is 4.45. The molecule has 1 aliphatic rings. The van der Waals surface area contributed by atoms with Gasteiger partial charge in [0.2, 0.25) is 0 Å². The lowest BCUT2D eigenvalue weighted by Gasteiger charge is -2.43. The zero-order chi connectivity index (χ0) is 17.2. The average Bonchev–Trinajstić information content (AvgIpc) is 3.08. The summed E-state index contributed by atoms with van der Waals surface area (Å²) in [5, 5.41) is 16.4. The number of nitrogens with one attached hydrogen (secondary N) is 2. The number of carbonyl (C=O) groups excluding carboxylic acids is 1. The van der Waals surface area contributed by atoms with E-state index in [1.165, 1.54) is 12.1 Å². The fraction of sp³-hybridized carbons (Fsp3) is 0.353. The molecule has 1 aromatic carbocycles. The third-order valence-electron chi connectivity index (χ3n) is 4.45. The Hall–Kier alpha value is -2.25. The Bertz CT molecular complexity index is 705. The van der Waals surface area contributed by atoms with E-state index >= 15 is 0 Å². The molecule has 1 aliphatic heterocycles. The molecule has 0 spiro atoms. The van der Waals surface area contributed by atoms with Crippen molar-refractivity contribution in [2.24, 2.45) is 0 Å². The normalized spacial score (nSPS) is 24.1. The summed E-state index contributed by atoms with van der Waals surface area (Å²) in [6.07, 6.45) is 0.750. The molecule has 24 heavy (non-hydrogen) atoms. The van der Waals surface area contributed by atoms with Gasteiger partial charge < -0.3 is 15.7 Å². The SMILES string of the molecule is O=C(N[C@]1(c2ccccc2)CCNC[C@H]1O)c1cccn1C(F)F. The topological polar surface area (TPSA) is 66.3 Å². The number of aliphatic hydroxyl groups is 1. The van der Waals surface area contributed by atoms with E-state index in [1.54, 1.807) is 0 Å². The van der Waals surface area contributed by atoms with Crippen molar-refractivity contribution in [1.29, 1.82) is 0 Å². The molecule has 2 aromatic rings. The fourth-order valence-electron chi connectivity index (χ4n) is 3.18. The van der Waals surface area contributed by atoms with Crippen molar-refractivity contribution in [3.05, 3.63) is 59.9 Å². The first kappa shape index (κ1) is 16.6. The quantitative estimate of drug-likeness (QED) is 0.799. The molecule has 1 fully saturated rings. The molecule has 3 N–H and O–H groups in total. The Morgan fingerprint density at radius 1 is 1.29 bits per heavy atom. The number of halogens is 2. The zero-order valence-electron chi connectivity index (χ0n) is 13.0. The molecule has 128 valence electrons. The number of rotatable bonds is 4. The maximum absolute atomic E-state index is 13.0. The summed E-state index contributed by atoms with van der Waals surface area (Å²) in [7, 11) is 0. The van der Waals surface area contributed by atoms with Gasteiger partial charge in [0.1, 0.15) is 5.69 Å². The highest BCUT2D eigenvalue weighted by molar-refractivity contribution is 5.93. The number of aromatic nitrogens is 1. The minimum absolute atomic E-state index is 0.133. The highest BCUT2D eigenvalue weighted by Crippen LogP contribution is 2.31. The van der Waals surface area contributed by atoms with Crippen LogP contribution in [-0.2, 0) is 5.54 Å². The first-order chi connectivity index (χ1) is 11.5. The lowest BCUT2D eigenvalue weighted by atomic mass is 9.79. The van der Waals surface area contributed by atoms with Crippen molar-refractivity contribution < 1.29 is 18.7 Å². The summed E-state index contributed by atoms with van der Waals surface area (Å²) in [6.45, 7) is -1.89. The van der Waals surface area contributed by atoms with Crippen molar-refractivity contribution in [2.45, 2.75) is 24.6 Å². The van der Waals surface area contributed by atoms with Crippen LogP contribution in [0.1, 0.15) is 29.0 Å². The number of β-amino-alcohol motifs (C(OH)–C–C–N with tert-alkyl or cyclic N) is 1. The second kappa shape index (κ2) is 6.70. The van der Waals surface area contributed by atoms with Gasteiger partial charge in [0, 0.05) is 12.7 Å². The van der Waals surface area contributed by atoms with Crippen molar-refractivity contribution >= 4 is 5.91 Å². The van der Waals surface area contributed by atoms with Gasteiger partial charge in [0.05, 0.1) is 11.6 Å². The number of hydrogen-bond donors (Lipinski definition) is 3. The summed E-state index contributed by atoms with van der Waals surface area (Å²) in [5.74, 6) is -0.634. The number of carbonyl (C=O) groups is 1. The van der Waals surface area contributed by atoms with Crippen molar-refractivity contribution in [3.63, 3.8) is 0 Å². The van der Waals surface area contributed by atoms with E-state index in [0.29, 0.717) is 24.1 Å². The second-order valence-corrected chi connectivity index (χ2v) is 5.84. The Kier molecular flexibility index (Phi) is 4.64. The maximum Gasteiger partial charge on any atom is 0.319 e. The van der Waals surface area contributed by atoms with E-state index in [1.807, 2.05) is 30.3 Å². The Morgan fingerprint density at radius 2 is 2.04 bits per heavy atom. The average molecular weight is 335 g/mol. The number of amides is 1. The van der Waals surface area contributed by atoms with Crippen LogP contribution in [0.5, 0.6) is 0 Å². The van der Waals surface area contributed by atoms with Crippen molar-refractivity contribution in [2.75, 3.05) is 13.1 Å². The van der Waals surface area contributed by atoms with E-state index in [2.05, 4.69) is 10.6 Å². The predicted octanol–water partition coefficient (Wildman–Crippen LogP) is 1.86. The first-order valence-corrected chi connectivity index (χ1v) is 7.76. The smallest absolute Gasteiger partial charge is 0.319 e. The number of benzene rings is 1. The van der Waals surface area contributed by atoms with Crippen LogP contribution in [0.25, 0.3) is 0 Å². The molecule has 2 atom stereocenters. The number of nitrogens with zero attached hydrogens (tertiary/aromatic N) is 1. The summed E-state index contributed by atoms with van der Waals surface area (Å²) < 4.78 is 26.6. The third kappa shape index (κ3) is 2.92. The monoisotopic (exact) mass is 335 g/mol. The van der Waals surface area contributed by atoms with Gasteiger partial charge >= 0.3 is 6.55 Å². The lowest BCUT2D eigenvalue weighted by molar-refractivity contribution is 0.0268. The summed E-state index contributed by atoms with van der Waals surface area (Å²) >= 11 is 0. The molecule has 7 heteroatoms. The number of piperidine rings is 1. The standard InChI is InChI=1S/C17H19F2N3O2/c18-16(19)22-10-4-7-13(22)15(24)21-17(8-9-20-11-14(17)23)12-5-2-1-3-6-12/h1-7,10,14,16,20,23H,8-9,11H2,(H,21,24)/t14-,17+/m1/s1. The second-order valence-electron chi connectivity index (χ2n) is 5.84. The molecule has 0 unspecified atom stereocenters. The van der Waals surface area contributed by atoms with Gasteiger partial charge in [0.15, 0.2) is 0 Å². The van der Waals surface area contributed by atoms with Crippen LogP contribution in [-0.4, -0.2) is 34.8 Å². The zero-order valence-corrected chi connectivity index (χ0v) is 13.0.